The molecule has 6 heterocycles. The van der Waals surface area contributed by atoms with Crippen molar-refractivity contribution in [2.75, 3.05) is 58.1 Å². The van der Waals surface area contributed by atoms with Gasteiger partial charge in [0.2, 0.25) is 0 Å². The summed E-state index contributed by atoms with van der Waals surface area (Å²) in [5.74, 6) is 2.01. The molecule has 0 saturated carbocycles. The summed E-state index contributed by atoms with van der Waals surface area (Å²) >= 11 is 0. The van der Waals surface area contributed by atoms with E-state index in [-0.39, 0.29) is 6.04 Å². The van der Waals surface area contributed by atoms with Gasteiger partial charge in [0.15, 0.2) is 5.65 Å². The van der Waals surface area contributed by atoms with Crippen molar-refractivity contribution in [1.29, 1.82) is 0 Å². The van der Waals surface area contributed by atoms with Crippen LogP contribution in [0.3, 0.4) is 0 Å². The first kappa shape index (κ1) is 31.0. The lowest BCUT2D eigenvalue weighted by atomic mass is 9.93. The Hall–Kier alpha value is -4.26. The molecule has 4 saturated heterocycles. The Morgan fingerprint density at radius 1 is 0.708 bits per heavy atom. The number of likely N-dealkylation sites (tertiary alicyclic amines) is 4. The van der Waals surface area contributed by atoms with Gasteiger partial charge in [-0.2, -0.15) is 5.10 Å². The monoisotopic (exact) mass is 651 g/mol. The van der Waals surface area contributed by atoms with E-state index in [1.165, 1.54) is 12.8 Å². The maximum absolute atomic E-state index is 11.3. The number of nitrogen functional groups attached to an aromatic ring is 1. The minimum atomic E-state index is -0.778. The van der Waals surface area contributed by atoms with Gasteiger partial charge in [-0.15, -0.1) is 0 Å². The highest BCUT2D eigenvalue weighted by molar-refractivity contribution is 5.98. The van der Waals surface area contributed by atoms with E-state index >= 15 is 0 Å². The van der Waals surface area contributed by atoms with E-state index in [1.807, 2.05) is 54.6 Å². The van der Waals surface area contributed by atoms with Crippen LogP contribution in [0.2, 0.25) is 0 Å². The fourth-order valence-electron chi connectivity index (χ4n) is 8.31. The highest BCUT2D eigenvalue weighted by atomic mass is 16.5. The Balaban J connectivity index is 0.854. The molecule has 4 aromatic rings. The number of fused-ring (bicyclic) bond motifs is 1. The van der Waals surface area contributed by atoms with Gasteiger partial charge in [0.25, 0.3) is 0 Å². The summed E-state index contributed by atoms with van der Waals surface area (Å²) in [5, 5.41) is 15.2. The Morgan fingerprint density at radius 3 is 1.96 bits per heavy atom. The molecule has 12 nitrogen and oxygen atoms in total. The second-order valence-electron chi connectivity index (χ2n) is 13.8. The third-order valence-electron chi connectivity index (χ3n) is 11.1. The van der Waals surface area contributed by atoms with E-state index < -0.39 is 6.09 Å². The zero-order chi connectivity index (χ0) is 32.6. The number of benzene rings is 2. The Bertz CT molecular complexity index is 1700. The summed E-state index contributed by atoms with van der Waals surface area (Å²) in [6, 6.07) is 19.8. The number of amides is 1. The molecule has 8 rings (SSSR count). The number of hydrogen-bond donors (Lipinski definition) is 2. The van der Waals surface area contributed by atoms with E-state index in [4.69, 9.17) is 15.6 Å². The first-order valence-corrected chi connectivity index (χ1v) is 17.5. The largest absolute Gasteiger partial charge is 0.465 e. The number of anilines is 1. The van der Waals surface area contributed by atoms with Crippen LogP contribution >= 0.6 is 0 Å². The molecule has 0 spiro atoms. The average molecular weight is 652 g/mol. The predicted octanol–water partition coefficient (Wildman–Crippen LogP) is 4.80. The number of ether oxygens (including phenoxy) is 1. The Morgan fingerprint density at radius 2 is 1.29 bits per heavy atom. The molecule has 2 aromatic heterocycles. The SMILES string of the molecule is Nc1ncnc2c1c(-c1ccc(Oc3ccccc3)cc1)nn2C1CCN(C2CN(C3CCN(C4CCN(C(=O)O)CC4)CC3)C2)CC1. The normalized spacial score (nSPS) is 21.5. The predicted molar refractivity (Wildman–Crippen MR) is 184 cm³/mol. The van der Waals surface area contributed by atoms with Gasteiger partial charge < -0.3 is 25.4 Å². The van der Waals surface area contributed by atoms with Crippen molar-refractivity contribution in [2.45, 2.75) is 62.7 Å². The van der Waals surface area contributed by atoms with Crippen LogP contribution in [0.15, 0.2) is 60.9 Å². The zero-order valence-corrected chi connectivity index (χ0v) is 27.4. The smallest absolute Gasteiger partial charge is 0.407 e. The molecule has 4 aliphatic heterocycles. The summed E-state index contributed by atoms with van der Waals surface area (Å²) < 4.78 is 8.10. The third kappa shape index (κ3) is 6.20. The summed E-state index contributed by atoms with van der Waals surface area (Å²) in [6.45, 7) is 8.04. The van der Waals surface area contributed by atoms with Crippen LogP contribution < -0.4 is 10.5 Å². The molecule has 48 heavy (non-hydrogen) atoms. The molecule has 0 atom stereocenters. The van der Waals surface area contributed by atoms with E-state index in [0.29, 0.717) is 37.0 Å². The topological polar surface area (TPSA) is 129 Å². The molecule has 4 aliphatic rings. The van der Waals surface area contributed by atoms with Crippen LogP contribution in [0.1, 0.15) is 44.6 Å². The molecular formula is C36H45N9O3. The van der Waals surface area contributed by atoms with Gasteiger partial charge in [-0.1, -0.05) is 18.2 Å². The minimum Gasteiger partial charge on any atom is -0.465 e. The zero-order valence-electron chi connectivity index (χ0n) is 27.4. The second-order valence-corrected chi connectivity index (χ2v) is 13.8. The first-order chi connectivity index (χ1) is 23.5. The van der Waals surface area contributed by atoms with Gasteiger partial charge >= 0.3 is 6.09 Å². The number of para-hydroxylation sites is 1. The van der Waals surface area contributed by atoms with Crippen molar-refractivity contribution >= 4 is 22.9 Å². The maximum atomic E-state index is 11.3. The van der Waals surface area contributed by atoms with Gasteiger partial charge in [-0.3, -0.25) is 9.80 Å². The van der Waals surface area contributed by atoms with Crippen molar-refractivity contribution in [3.63, 3.8) is 0 Å². The molecule has 4 fully saturated rings. The molecule has 252 valence electrons. The van der Waals surface area contributed by atoms with Crippen LogP contribution in [-0.4, -0.2) is 121 Å². The third-order valence-corrected chi connectivity index (χ3v) is 11.1. The molecule has 1 amide bonds. The number of nitrogens with zero attached hydrogens (tertiary/aromatic N) is 8. The molecular weight excluding hydrogens is 606 g/mol. The molecule has 2 aromatic carbocycles. The van der Waals surface area contributed by atoms with Crippen LogP contribution in [0, 0.1) is 0 Å². The summed E-state index contributed by atoms with van der Waals surface area (Å²) in [6.07, 6.45) is 7.19. The fourth-order valence-corrected chi connectivity index (χ4v) is 8.31. The highest BCUT2D eigenvalue weighted by Crippen LogP contribution is 2.36. The van der Waals surface area contributed by atoms with Gasteiger partial charge in [0.05, 0.1) is 11.4 Å². The number of piperidine rings is 3. The van der Waals surface area contributed by atoms with Gasteiger partial charge in [-0.25, -0.2) is 19.4 Å². The molecule has 12 heteroatoms. The Kier molecular flexibility index (Phi) is 8.62. The van der Waals surface area contributed by atoms with Crippen molar-refractivity contribution in [3.05, 3.63) is 60.9 Å². The first-order valence-electron chi connectivity index (χ1n) is 17.5. The number of carbonyl (C=O) groups is 1. The van der Waals surface area contributed by atoms with E-state index in [9.17, 15) is 9.90 Å². The summed E-state index contributed by atoms with van der Waals surface area (Å²) in [4.78, 5) is 29.8. The van der Waals surface area contributed by atoms with Gasteiger partial charge in [0.1, 0.15) is 29.3 Å². The van der Waals surface area contributed by atoms with Crippen LogP contribution in [0.4, 0.5) is 10.6 Å². The molecule has 0 aliphatic carbocycles. The van der Waals surface area contributed by atoms with Crippen molar-refractivity contribution in [1.82, 2.24) is 39.3 Å². The number of nitrogens with two attached hydrogens (primary N) is 1. The molecule has 3 N–H and O–H groups in total. The highest BCUT2D eigenvalue weighted by Gasteiger charge is 2.39. The van der Waals surface area contributed by atoms with E-state index in [1.54, 1.807) is 11.2 Å². The van der Waals surface area contributed by atoms with Gasteiger partial charge in [0, 0.05) is 63.0 Å². The van der Waals surface area contributed by atoms with Crippen molar-refractivity contribution < 1.29 is 14.6 Å². The molecule has 0 unspecified atom stereocenters. The lowest BCUT2D eigenvalue weighted by molar-refractivity contribution is -0.0309. The number of aromatic nitrogens is 4. The summed E-state index contributed by atoms with van der Waals surface area (Å²) in [7, 11) is 0. The van der Waals surface area contributed by atoms with Crippen LogP contribution in [-0.2, 0) is 0 Å². The van der Waals surface area contributed by atoms with Crippen LogP contribution in [0.25, 0.3) is 22.3 Å². The van der Waals surface area contributed by atoms with E-state index in [2.05, 4.69) is 29.3 Å². The van der Waals surface area contributed by atoms with E-state index in [0.717, 1.165) is 98.7 Å². The standard InChI is InChI=1S/C36H45N9O3/c37-34-32-33(25-6-8-31(9-7-25)48-30-4-2-1-3-5-30)40-45(35(32)39-24-38-34)28-14-18-42(19-15-28)29-22-44(23-29)27-10-16-41(17-11-27)26-12-20-43(21-13-26)36(46)47/h1-9,24,26-29H,10-23H2,(H,46,47)(H2,37,38,39). The molecule has 0 radical (unpaired) electrons. The molecule has 0 bridgehead atoms. The van der Waals surface area contributed by atoms with Crippen molar-refractivity contribution in [3.8, 4) is 22.8 Å². The number of rotatable bonds is 7. The number of carboxylic acid groups (broad SMARTS) is 1. The Labute approximate surface area is 281 Å². The number of hydrogen-bond acceptors (Lipinski definition) is 9. The van der Waals surface area contributed by atoms with Crippen LogP contribution in [0.5, 0.6) is 11.5 Å². The minimum absolute atomic E-state index is 0.260. The lowest BCUT2D eigenvalue weighted by Crippen LogP contribution is -2.64. The maximum Gasteiger partial charge on any atom is 0.407 e. The lowest BCUT2D eigenvalue weighted by Gasteiger charge is -2.52. The fraction of sp³-hybridized carbons (Fsp3) is 0.500. The average Bonchev–Trinajstić information content (AvgIpc) is 3.50. The van der Waals surface area contributed by atoms with Crippen molar-refractivity contribution in [2.24, 2.45) is 0 Å². The van der Waals surface area contributed by atoms with Gasteiger partial charge in [-0.05, 0) is 88.0 Å². The second kappa shape index (κ2) is 13.3. The summed E-state index contributed by atoms with van der Waals surface area (Å²) in [5.41, 5.74) is 8.99. The quantitative estimate of drug-likeness (QED) is 0.288.